The van der Waals surface area contributed by atoms with Crippen LogP contribution in [0.3, 0.4) is 0 Å². The first-order valence-corrected chi connectivity index (χ1v) is 5.75. The van der Waals surface area contributed by atoms with Crippen LogP contribution in [-0.4, -0.2) is 24.1 Å². The van der Waals surface area contributed by atoms with E-state index in [1.54, 1.807) is 0 Å². The summed E-state index contributed by atoms with van der Waals surface area (Å²) >= 11 is 1.85. The lowest BCUT2D eigenvalue weighted by Gasteiger charge is -2.19. The first-order valence-electron chi connectivity index (χ1n) is 4.36. The smallest absolute Gasteiger partial charge is 0.0638 e. The molecule has 2 atom stereocenters. The number of hydrogen-bond acceptors (Lipinski definition) is 3. The lowest BCUT2D eigenvalue weighted by Crippen LogP contribution is -2.37. The van der Waals surface area contributed by atoms with Gasteiger partial charge in [0.2, 0.25) is 0 Å². The van der Waals surface area contributed by atoms with Crippen molar-refractivity contribution < 1.29 is 0 Å². The maximum atomic E-state index is 8.46. The molecule has 0 aromatic heterocycles. The second kappa shape index (κ2) is 7.45. The molecule has 0 aliphatic heterocycles. The van der Waals surface area contributed by atoms with Gasteiger partial charge in [0.1, 0.15) is 0 Å². The first-order chi connectivity index (χ1) is 5.74. The van der Waals surface area contributed by atoms with Gasteiger partial charge in [-0.3, -0.25) is 0 Å². The van der Waals surface area contributed by atoms with Crippen molar-refractivity contribution in [2.45, 2.75) is 38.8 Å². The number of nitrogens with one attached hydrogen (secondary N) is 1. The fourth-order valence-corrected chi connectivity index (χ4v) is 1.82. The maximum Gasteiger partial charge on any atom is 0.0638 e. The Hall–Kier alpha value is -0.200. The molecule has 2 nitrogen and oxygen atoms in total. The van der Waals surface area contributed by atoms with Gasteiger partial charge in [-0.05, 0) is 19.6 Å². The second-order valence-electron chi connectivity index (χ2n) is 2.99. The van der Waals surface area contributed by atoms with Gasteiger partial charge in [-0.1, -0.05) is 6.92 Å². The molecule has 0 aromatic carbocycles. The second-order valence-corrected chi connectivity index (χ2v) is 3.90. The van der Waals surface area contributed by atoms with Crippen LogP contribution in [-0.2, 0) is 0 Å². The van der Waals surface area contributed by atoms with Crippen LogP contribution in [0.5, 0.6) is 0 Å². The van der Waals surface area contributed by atoms with Gasteiger partial charge >= 0.3 is 0 Å². The predicted molar refractivity (Wildman–Crippen MR) is 55.3 cm³/mol. The van der Waals surface area contributed by atoms with E-state index in [0.29, 0.717) is 18.5 Å². The molecular formula is C9H18N2S. The minimum Gasteiger partial charge on any atom is -0.310 e. The van der Waals surface area contributed by atoms with Crippen LogP contribution in [0.4, 0.5) is 0 Å². The van der Waals surface area contributed by atoms with Crippen LogP contribution in [0.25, 0.3) is 0 Å². The molecule has 0 saturated carbocycles. The van der Waals surface area contributed by atoms with Crippen molar-refractivity contribution in [2.75, 3.05) is 12.0 Å². The highest BCUT2D eigenvalue weighted by Crippen LogP contribution is 2.03. The van der Waals surface area contributed by atoms with Crippen LogP contribution in [0.1, 0.15) is 26.7 Å². The molecule has 1 N–H and O–H groups in total. The molecule has 0 radical (unpaired) electrons. The fourth-order valence-electron chi connectivity index (χ4n) is 1.08. The normalized spacial score (nSPS) is 15.2. The van der Waals surface area contributed by atoms with Gasteiger partial charge < -0.3 is 5.32 Å². The van der Waals surface area contributed by atoms with Crippen molar-refractivity contribution in [3.63, 3.8) is 0 Å². The molecular weight excluding hydrogens is 168 g/mol. The Kier molecular flexibility index (Phi) is 7.33. The summed E-state index contributed by atoms with van der Waals surface area (Å²) in [4.78, 5) is 0. The standard InChI is InChI=1S/C9H18N2S/c1-4-9(7-12-3)11-8(2)5-6-10/h8-9,11H,4-5,7H2,1-3H3. The van der Waals surface area contributed by atoms with Gasteiger partial charge in [-0.2, -0.15) is 17.0 Å². The van der Waals surface area contributed by atoms with E-state index in [1.165, 1.54) is 0 Å². The Morgan fingerprint density at radius 3 is 2.67 bits per heavy atom. The number of rotatable bonds is 6. The number of nitrogens with zero attached hydrogens (tertiary/aromatic N) is 1. The van der Waals surface area contributed by atoms with Crippen LogP contribution in [0, 0.1) is 11.3 Å². The highest BCUT2D eigenvalue weighted by atomic mass is 32.2. The van der Waals surface area contributed by atoms with Gasteiger partial charge in [0.05, 0.1) is 12.5 Å². The van der Waals surface area contributed by atoms with Gasteiger partial charge in [0, 0.05) is 17.8 Å². The molecule has 0 saturated heterocycles. The monoisotopic (exact) mass is 186 g/mol. The van der Waals surface area contributed by atoms with Crippen LogP contribution in [0.15, 0.2) is 0 Å². The largest absolute Gasteiger partial charge is 0.310 e. The van der Waals surface area contributed by atoms with Crippen molar-refractivity contribution in [3.8, 4) is 6.07 Å². The third-order valence-electron chi connectivity index (χ3n) is 1.78. The zero-order chi connectivity index (χ0) is 9.40. The predicted octanol–water partition coefficient (Wildman–Crippen LogP) is 2.02. The molecule has 12 heavy (non-hydrogen) atoms. The van der Waals surface area contributed by atoms with E-state index in [9.17, 15) is 0 Å². The minimum absolute atomic E-state index is 0.326. The molecule has 0 bridgehead atoms. The van der Waals surface area contributed by atoms with E-state index < -0.39 is 0 Å². The van der Waals surface area contributed by atoms with Gasteiger partial charge in [0.15, 0.2) is 0 Å². The number of hydrogen-bond donors (Lipinski definition) is 1. The minimum atomic E-state index is 0.326. The molecule has 0 spiro atoms. The molecule has 0 aliphatic carbocycles. The molecule has 70 valence electrons. The Morgan fingerprint density at radius 2 is 2.25 bits per heavy atom. The quantitative estimate of drug-likeness (QED) is 0.689. The third kappa shape index (κ3) is 5.45. The zero-order valence-corrected chi connectivity index (χ0v) is 8.95. The van der Waals surface area contributed by atoms with Crippen molar-refractivity contribution >= 4 is 11.8 Å². The van der Waals surface area contributed by atoms with Crippen LogP contribution < -0.4 is 5.32 Å². The van der Waals surface area contributed by atoms with E-state index in [4.69, 9.17) is 5.26 Å². The van der Waals surface area contributed by atoms with E-state index in [2.05, 4.69) is 31.5 Å². The maximum absolute atomic E-state index is 8.46. The average Bonchev–Trinajstić information content (AvgIpc) is 2.04. The van der Waals surface area contributed by atoms with E-state index in [-0.39, 0.29) is 0 Å². The highest BCUT2D eigenvalue weighted by Gasteiger charge is 2.08. The van der Waals surface area contributed by atoms with Gasteiger partial charge in [-0.25, -0.2) is 0 Å². The summed E-state index contributed by atoms with van der Waals surface area (Å²) < 4.78 is 0. The summed E-state index contributed by atoms with van der Waals surface area (Å²) in [5.41, 5.74) is 0. The highest BCUT2D eigenvalue weighted by molar-refractivity contribution is 7.98. The molecule has 0 aliphatic rings. The van der Waals surface area contributed by atoms with Crippen LogP contribution in [0.2, 0.25) is 0 Å². The summed E-state index contributed by atoms with van der Waals surface area (Å²) in [7, 11) is 0. The molecule has 3 heteroatoms. The molecule has 0 aromatic rings. The molecule has 0 rings (SSSR count). The fraction of sp³-hybridized carbons (Fsp3) is 0.889. The molecule has 0 fully saturated rings. The van der Waals surface area contributed by atoms with Crippen molar-refractivity contribution in [1.82, 2.24) is 5.32 Å². The lowest BCUT2D eigenvalue weighted by molar-refractivity contribution is 0.467. The Morgan fingerprint density at radius 1 is 1.58 bits per heavy atom. The first kappa shape index (κ1) is 11.8. The lowest BCUT2D eigenvalue weighted by atomic mass is 10.2. The van der Waals surface area contributed by atoms with Crippen LogP contribution >= 0.6 is 11.8 Å². The van der Waals surface area contributed by atoms with E-state index in [0.717, 1.165) is 12.2 Å². The Bertz CT molecular complexity index is 142. The number of nitriles is 1. The van der Waals surface area contributed by atoms with E-state index in [1.807, 2.05) is 11.8 Å². The zero-order valence-electron chi connectivity index (χ0n) is 8.13. The van der Waals surface area contributed by atoms with E-state index >= 15 is 0 Å². The average molecular weight is 186 g/mol. The summed E-state index contributed by atoms with van der Waals surface area (Å²) in [5, 5.41) is 11.9. The SMILES string of the molecule is CCC(CSC)NC(C)CC#N. The van der Waals surface area contributed by atoms with Gasteiger partial charge in [-0.15, -0.1) is 0 Å². The summed E-state index contributed by atoms with van der Waals surface area (Å²) in [6.07, 6.45) is 3.85. The summed E-state index contributed by atoms with van der Waals surface area (Å²) in [6, 6.07) is 3.05. The summed E-state index contributed by atoms with van der Waals surface area (Å²) in [5.74, 6) is 1.13. The van der Waals surface area contributed by atoms with Crippen molar-refractivity contribution in [2.24, 2.45) is 0 Å². The third-order valence-corrected chi connectivity index (χ3v) is 2.51. The topological polar surface area (TPSA) is 35.8 Å². The van der Waals surface area contributed by atoms with Crippen molar-refractivity contribution in [1.29, 1.82) is 5.26 Å². The Labute approximate surface area is 79.7 Å². The summed E-state index contributed by atoms with van der Waals surface area (Å²) in [6.45, 7) is 4.24. The van der Waals surface area contributed by atoms with Gasteiger partial charge in [0.25, 0.3) is 0 Å². The number of thioether (sulfide) groups is 1. The Balaban J connectivity index is 3.62. The molecule has 0 amide bonds. The van der Waals surface area contributed by atoms with Crippen molar-refractivity contribution in [3.05, 3.63) is 0 Å². The molecule has 2 unspecified atom stereocenters. The molecule has 0 heterocycles.